The number of hydrogen-bond donors (Lipinski definition) is 1. The van der Waals surface area contributed by atoms with Gasteiger partial charge in [-0.05, 0) is 48.2 Å². The second-order valence-corrected chi connectivity index (χ2v) is 6.58. The summed E-state index contributed by atoms with van der Waals surface area (Å²) in [5, 5.41) is 3.50. The van der Waals surface area contributed by atoms with Crippen molar-refractivity contribution in [3.8, 4) is 11.5 Å². The lowest BCUT2D eigenvalue weighted by atomic mass is 9.95. The summed E-state index contributed by atoms with van der Waals surface area (Å²) in [7, 11) is 1.37. The fraction of sp³-hybridized carbons (Fsp3) is 0.316. The van der Waals surface area contributed by atoms with E-state index in [0.717, 1.165) is 24.0 Å². The molecule has 0 saturated heterocycles. The molecule has 4 nitrogen and oxygen atoms in total. The molecule has 3 rings (SSSR count). The van der Waals surface area contributed by atoms with Gasteiger partial charge in [0.2, 0.25) is 5.91 Å². The molecule has 1 aliphatic rings. The summed E-state index contributed by atoms with van der Waals surface area (Å²) in [6.45, 7) is -2.67. The Labute approximate surface area is 155 Å². The van der Waals surface area contributed by atoms with Crippen molar-refractivity contribution >= 4 is 17.5 Å². The summed E-state index contributed by atoms with van der Waals surface area (Å²) in [5.41, 5.74) is 1.09. The molecular formula is C19H18ClF2NO3. The van der Waals surface area contributed by atoms with Crippen molar-refractivity contribution in [3.63, 3.8) is 0 Å². The Morgan fingerprint density at radius 1 is 1.23 bits per heavy atom. The first kappa shape index (κ1) is 18.5. The van der Waals surface area contributed by atoms with Gasteiger partial charge in [0.15, 0.2) is 11.5 Å². The molecular weight excluding hydrogens is 364 g/mol. The SMILES string of the molecule is COc1cc(CNC(=O)C2(c3cccc(Cl)c3)CC2)ccc1OC(F)F. The zero-order chi connectivity index (χ0) is 18.7. The molecule has 0 aromatic heterocycles. The highest BCUT2D eigenvalue weighted by Crippen LogP contribution is 2.48. The number of nitrogens with one attached hydrogen (secondary N) is 1. The van der Waals surface area contributed by atoms with E-state index in [1.54, 1.807) is 18.2 Å². The van der Waals surface area contributed by atoms with Gasteiger partial charge in [-0.1, -0.05) is 29.8 Å². The van der Waals surface area contributed by atoms with Gasteiger partial charge < -0.3 is 14.8 Å². The third kappa shape index (κ3) is 3.90. The van der Waals surface area contributed by atoms with Crippen LogP contribution in [0.25, 0.3) is 0 Å². The van der Waals surface area contributed by atoms with Crippen LogP contribution in [-0.4, -0.2) is 19.6 Å². The van der Waals surface area contributed by atoms with Crippen LogP contribution in [-0.2, 0) is 16.8 Å². The van der Waals surface area contributed by atoms with Crippen LogP contribution in [0.1, 0.15) is 24.0 Å². The smallest absolute Gasteiger partial charge is 0.387 e. The van der Waals surface area contributed by atoms with Gasteiger partial charge in [-0.2, -0.15) is 8.78 Å². The lowest BCUT2D eigenvalue weighted by molar-refractivity contribution is -0.123. The number of amides is 1. The van der Waals surface area contributed by atoms with E-state index >= 15 is 0 Å². The predicted molar refractivity (Wildman–Crippen MR) is 93.8 cm³/mol. The molecule has 7 heteroatoms. The lowest BCUT2D eigenvalue weighted by Gasteiger charge is -2.17. The molecule has 0 aliphatic heterocycles. The number of ether oxygens (including phenoxy) is 2. The molecule has 2 aromatic rings. The van der Waals surface area contributed by atoms with Crippen LogP contribution in [0.5, 0.6) is 11.5 Å². The molecule has 2 aromatic carbocycles. The van der Waals surface area contributed by atoms with Crippen molar-refractivity contribution in [2.45, 2.75) is 31.4 Å². The lowest BCUT2D eigenvalue weighted by Crippen LogP contribution is -2.34. The summed E-state index contributed by atoms with van der Waals surface area (Å²) < 4.78 is 34.2. The first-order chi connectivity index (χ1) is 12.4. The zero-order valence-corrected chi connectivity index (χ0v) is 14.9. The third-order valence-corrected chi connectivity index (χ3v) is 4.69. The molecule has 1 aliphatic carbocycles. The number of halogens is 3. The Bertz CT molecular complexity index is 809. The van der Waals surface area contributed by atoms with Crippen molar-refractivity contribution in [3.05, 3.63) is 58.6 Å². The number of hydrogen-bond acceptors (Lipinski definition) is 3. The maximum Gasteiger partial charge on any atom is 0.387 e. The summed E-state index contributed by atoms with van der Waals surface area (Å²) >= 11 is 6.03. The maximum atomic E-state index is 12.7. The number of carbonyl (C=O) groups excluding carboxylic acids is 1. The average Bonchev–Trinajstić information content (AvgIpc) is 3.42. The van der Waals surface area contributed by atoms with Crippen LogP contribution >= 0.6 is 11.6 Å². The van der Waals surface area contributed by atoms with Gasteiger partial charge >= 0.3 is 6.61 Å². The Balaban J connectivity index is 1.68. The highest BCUT2D eigenvalue weighted by atomic mass is 35.5. The molecule has 0 heterocycles. The molecule has 0 bridgehead atoms. The molecule has 0 unspecified atom stereocenters. The van der Waals surface area contributed by atoms with Crippen molar-refractivity contribution in [2.75, 3.05) is 7.11 Å². The minimum atomic E-state index is -2.93. The number of rotatable bonds is 7. The average molecular weight is 382 g/mol. The molecule has 0 atom stereocenters. The Hall–Kier alpha value is -2.34. The summed E-state index contributed by atoms with van der Waals surface area (Å²) in [6, 6.07) is 11.9. The van der Waals surface area contributed by atoms with E-state index in [0.29, 0.717) is 5.02 Å². The van der Waals surface area contributed by atoms with Gasteiger partial charge in [0.25, 0.3) is 0 Å². The first-order valence-electron chi connectivity index (χ1n) is 8.11. The standard InChI is InChI=1S/C19H18ClF2NO3/c1-25-16-9-12(5-6-15(16)26-18(21)22)11-23-17(24)19(7-8-19)13-3-2-4-14(20)10-13/h2-6,9-10,18H,7-8,11H2,1H3,(H,23,24). The van der Waals surface area contributed by atoms with E-state index in [4.69, 9.17) is 16.3 Å². The van der Waals surface area contributed by atoms with Gasteiger partial charge in [0, 0.05) is 11.6 Å². The van der Waals surface area contributed by atoms with Gasteiger partial charge in [0.1, 0.15) is 0 Å². The monoisotopic (exact) mass is 381 g/mol. The number of benzene rings is 2. The van der Waals surface area contributed by atoms with Crippen LogP contribution < -0.4 is 14.8 Å². The van der Waals surface area contributed by atoms with E-state index in [1.165, 1.54) is 13.2 Å². The number of methoxy groups -OCH3 is 1. The molecule has 0 radical (unpaired) electrons. The molecule has 1 saturated carbocycles. The maximum absolute atomic E-state index is 12.7. The minimum absolute atomic E-state index is 0.0461. The van der Waals surface area contributed by atoms with Crippen LogP contribution in [0.4, 0.5) is 8.78 Å². The van der Waals surface area contributed by atoms with Gasteiger partial charge in [-0.3, -0.25) is 4.79 Å². The molecule has 1 N–H and O–H groups in total. The Kier molecular flexibility index (Phi) is 5.32. The first-order valence-corrected chi connectivity index (χ1v) is 8.48. The largest absolute Gasteiger partial charge is 0.493 e. The molecule has 0 spiro atoms. The van der Waals surface area contributed by atoms with Crippen LogP contribution in [0.2, 0.25) is 5.02 Å². The normalized spacial score (nSPS) is 14.8. The van der Waals surface area contributed by atoms with Gasteiger partial charge in [0.05, 0.1) is 12.5 Å². The summed E-state index contributed by atoms with van der Waals surface area (Å²) in [5.74, 6) is 0.0647. The van der Waals surface area contributed by atoms with Crippen molar-refractivity contribution < 1.29 is 23.0 Å². The van der Waals surface area contributed by atoms with Crippen LogP contribution in [0.15, 0.2) is 42.5 Å². The molecule has 138 valence electrons. The molecule has 1 amide bonds. The van der Waals surface area contributed by atoms with Gasteiger partial charge in [-0.25, -0.2) is 0 Å². The van der Waals surface area contributed by atoms with E-state index in [9.17, 15) is 13.6 Å². The Morgan fingerprint density at radius 2 is 2.00 bits per heavy atom. The van der Waals surface area contributed by atoms with E-state index in [2.05, 4.69) is 10.1 Å². The van der Waals surface area contributed by atoms with Crippen LogP contribution in [0, 0.1) is 0 Å². The number of carbonyl (C=O) groups is 1. The molecule has 26 heavy (non-hydrogen) atoms. The minimum Gasteiger partial charge on any atom is -0.493 e. The van der Waals surface area contributed by atoms with Gasteiger partial charge in [-0.15, -0.1) is 0 Å². The second-order valence-electron chi connectivity index (χ2n) is 6.14. The highest BCUT2D eigenvalue weighted by Gasteiger charge is 2.51. The number of alkyl halides is 2. The quantitative estimate of drug-likeness (QED) is 0.778. The van der Waals surface area contributed by atoms with E-state index in [-0.39, 0.29) is 24.0 Å². The predicted octanol–water partition coefficient (Wildman–Crippen LogP) is 4.30. The summed E-state index contributed by atoms with van der Waals surface area (Å²) in [4.78, 5) is 12.7. The van der Waals surface area contributed by atoms with Crippen LogP contribution in [0.3, 0.4) is 0 Å². The Morgan fingerprint density at radius 3 is 2.62 bits per heavy atom. The molecule has 1 fully saturated rings. The fourth-order valence-electron chi connectivity index (χ4n) is 2.92. The highest BCUT2D eigenvalue weighted by molar-refractivity contribution is 6.30. The zero-order valence-electron chi connectivity index (χ0n) is 14.1. The van der Waals surface area contributed by atoms with Crippen molar-refractivity contribution in [1.82, 2.24) is 5.32 Å². The van der Waals surface area contributed by atoms with Crippen molar-refractivity contribution in [2.24, 2.45) is 0 Å². The van der Waals surface area contributed by atoms with E-state index in [1.807, 2.05) is 18.2 Å². The van der Waals surface area contributed by atoms with E-state index < -0.39 is 12.0 Å². The third-order valence-electron chi connectivity index (χ3n) is 4.46. The van der Waals surface area contributed by atoms with Crippen molar-refractivity contribution in [1.29, 1.82) is 0 Å². The second kappa shape index (κ2) is 7.50. The summed E-state index contributed by atoms with van der Waals surface area (Å²) in [6.07, 6.45) is 1.54. The topological polar surface area (TPSA) is 47.6 Å². The fourth-order valence-corrected chi connectivity index (χ4v) is 3.12.